The summed E-state index contributed by atoms with van der Waals surface area (Å²) in [6.07, 6.45) is 4.70. The number of rotatable bonds is 9. The number of piperidine rings is 1. The van der Waals surface area contributed by atoms with E-state index in [1.54, 1.807) is 0 Å². The largest absolute Gasteiger partial charge is 0.352 e. The molecule has 1 aromatic rings. The quantitative estimate of drug-likeness (QED) is 0.532. The second kappa shape index (κ2) is 10.4. The average molecular weight is 376 g/mol. The van der Waals surface area contributed by atoms with E-state index in [0.717, 1.165) is 50.4 Å². The molecule has 0 unspecified atom stereocenters. The molecule has 0 bridgehead atoms. The number of aryl methyl sites for hydroxylation is 1. The average Bonchev–Trinajstić information content (AvgIpc) is 2.62. The van der Waals surface area contributed by atoms with Crippen molar-refractivity contribution in [2.75, 3.05) is 26.2 Å². The lowest BCUT2D eigenvalue weighted by Crippen LogP contribution is -2.48. The Balaban J connectivity index is 1.63. The molecule has 6 nitrogen and oxygen atoms in total. The fourth-order valence-corrected chi connectivity index (χ4v) is 3.31. The van der Waals surface area contributed by atoms with Crippen LogP contribution in [-0.2, 0) is 20.8 Å². The van der Waals surface area contributed by atoms with Gasteiger partial charge in [-0.3, -0.25) is 14.4 Å². The normalized spacial score (nSPS) is 16.1. The molecule has 1 aliphatic heterocycles. The van der Waals surface area contributed by atoms with Gasteiger partial charge in [-0.25, -0.2) is 5.06 Å². The van der Waals surface area contributed by atoms with Crippen molar-refractivity contribution in [2.24, 2.45) is 0 Å². The van der Waals surface area contributed by atoms with E-state index in [1.807, 2.05) is 26.8 Å². The molecule has 1 saturated heterocycles. The summed E-state index contributed by atoms with van der Waals surface area (Å²) in [6.45, 7) is 8.54. The van der Waals surface area contributed by atoms with Crippen LogP contribution in [0, 0.1) is 0 Å². The van der Waals surface area contributed by atoms with Gasteiger partial charge in [0.05, 0.1) is 5.60 Å². The molecular weight excluding hydrogens is 342 g/mol. The number of benzene rings is 1. The number of nitrogens with one attached hydrogen (secondary N) is 1. The van der Waals surface area contributed by atoms with E-state index < -0.39 is 5.60 Å². The lowest BCUT2D eigenvalue weighted by Gasteiger charge is -2.33. The Morgan fingerprint density at radius 2 is 1.93 bits per heavy atom. The highest BCUT2D eigenvalue weighted by Gasteiger charge is 2.23. The summed E-state index contributed by atoms with van der Waals surface area (Å²) in [5, 5.41) is 4.09. The molecule has 6 heteroatoms. The van der Waals surface area contributed by atoms with Crippen molar-refractivity contribution in [3.63, 3.8) is 0 Å². The van der Waals surface area contributed by atoms with Crippen molar-refractivity contribution in [1.29, 1.82) is 0 Å². The zero-order valence-electron chi connectivity index (χ0n) is 16.8. The highest BCUT2D eigenvalue weighted by molar-refractivity contribution is 5.79. The van der Waals surface area contributed by atoms with Crippen LogP contribution in [0.25, 0.3) is 0 Å². The molecule has 2 rings (SSSR count). The highest BCUT2D eigenvalue weighted by atomic mass is 16.7. The van der Waals surface area contributed by atoms with E-state index in [-0.39, 0.29) is 18.5 Å². The summed E-state index contributed by atoms with van der Waals surface area (Å²) >= 11 is 0. The number of nitrogens with zero attached hydrogens (tertiary/aromatic N) is 2. The van der Waals surface area contributed by atoms with Crippen LogP contribution in [0.1, 0.15) is 45.6 Å². The van der Waals surface area contributed by atoms with Crippen LogP contribution in [0.2, 0.25) is 0 Å². The number of carbonyl (C=O) groups is 2. The highest BCUT2D eigenvalue weighted by Crippen LogP contribution is 2.13. The van der Waals surface area contributed by atoms with E-state index in [9.17, 15) is 9.59 Å². The Morgan fingerprint density at radius 3 is 2.52 bits per heavy atom. The molecular formula is C21H33N3O3. The zero-order chi connectivity index (χ0) is 19.7. The minimum Gasteiger partial charge on any atom is -0.352 e. The number of hydrogen-bond donors (Lipinski definition) is 1. The summed E-state index contributed by atoms with van der Waals surface area (Å²) < 4.78 is 0. The van der Waals surface area contributed by atoms with Crippen LogP contribution >= 0.6 is 0 Å². The predicted octanol–water partition coefficient (Wildman–Crippen LogP) is 2.39. The maximum absolute atomic E-state index is 12.2. The Kier molecular flexibility index (Phi) is 8.25. The third-order valence-electron chi connectivity index (χ3n) is 4.54. The molecule has 0 aromatic heterocycles. The van der Waals surface area contributed by atoms with Crippen LogP contribution in [0.3, 0.4) is 0 Å². The number of likely N-dealkylation sites (tertiary alicyclic amines) is 1. The first-order valence-corrected chi connectivity index (χ1v) is 9.82. The lowest BCUT2D eigenvalue weighted by atomic mass is 10.0. The van der Waals surface area contributed by atoms with Gasteiger partial charge >= 0.3 is 0 Å². The third-order valence-corrected chi connectivity index (χ3v) is 4.54. The van der Waals surface area contributed by atoms with E-state index in [0.29, 0.717) is 6.41 Å². The fraction of sp³-hybridized carbons (Fsp3) is 0.619. The van der Waals surface area contributed by atoms with Crippen molar-refractivity contribution >= 4 is 12.3 Å². The molecule has 150 valence electrons. The van der Waals surface area contributed by atoms with Crippen LogP contribution in [-0.4, -0.2) is 60.1 Å². The van der Waals surface area contributed by atoms with Gasteiger partial charge in [0, 0.05) is 19.1 Å². The number of carbonyl (C=O) groups excluding carboxylic acids is 2. The molecule has 1 aliphatic rings. The van der Waals surface area contributed by atoms with Gasteiger partial charge in [0.15, 0.2) is 0 Å². The SMILES string of the molecule is CC(C)(C)ON(C=O)CC(=O)NC1CCN(CCCc2ccccc2)CC1. The fourth-order valence-electron chi connectivity index (χ4n) is 3.31. The van der Waals surface area contributed by atoms with Gasteiger partial charge in [0.2, 0.25) is 12.3 Å². The summed E-state index contributed by atoms with van der Waals surface area (Å²) in [4.78, 5) is 31.1. The van der Waals surface area contributed by atoms with Crippen LogP contribution in [0.4, 0.5) is 0 Å². The van der Waals surface area contributed by atoms with Crippen LogP contribution < -0.4 is 5.32 Å². The molecule has 0 spiro atoms. The summed E-state index contributed by atoms with van der Waals surface area (Å²) in [5.74, 6) is -0.172. The minimum atomic E-state index is -0.508. The topological polar surface area (TPSA) is 61.9 Å². The lowest BCUT2D eigenvalue weighted by molar-refractivity contribution is -0.215. The second-order valence-electron chi connectivity index (χ2n) is 8.16. The molecule has 1 aromatic carbocycles. The zero-order valence-corrected chi connectivity index (χ0v) is 16.8. The Bertz CT molecular complexity index is 578. The van der Waals surface area contributed by atoms with Gasteiger partial charge in [0.1, 0.15) is 6.54 Å². The monoisotopic (exact) mass is 375 g/mol. The van der Waals surface area contributed by atoms with Gasteiger partial charge in [-0.1, -0.05) is 30.3 Å². The molecule has 0 radical (unpaired) electrons. The first-order chi connectivity index (χ1) is 12.9. The van der Waals surface area contributed by atoms with E-state index in [4.69, 9.17) is 4.84 Å². The smallest absolute Gasteiger partial charge is 0.242 e. The van der Waals surface area contributed by atoms with Crippen LogP contribution in [0.15, 0.2) is 30.3 Å². The first kappa shape index (κ1) is 21.4. The standard InChI is InChI=1S/C21H33N3O3/c1-21(2,3)27-24(17-25)16-20(26)22-19-11-14-23(15-12-19)13-7-10-18-8-5-4-6-9-18/h4-6,8-9,17,19H,7,10-16H2,1-3H3,(H,22,26). The van der Waals surface area contributed by atoms with Gasteiger partial charge < -0.3 is 10.2 Å². The van der Waals surface area contributed by atoms with Gasteiger partial charge in [-0.05, 0) is 58.6 Å². The molecule has 1 fully saturated rings. The molecule has 0 saturated carbocycles. The predicted molar refractivity (Wildman–Crippen MR) is 106 cm³/mol. The molecule has 1 heterocycles. The second-order valence-corrected chi connectivity index (χ2v) is 8.16. The van der Waals surface area contributed by atoms with Gasteiger partial charge in [-0.15, -0.1) is 0 Å². The number of hydrogen-bond acceptors (Lipinski definition) is 4. The van der Waals surface area contributed by atoms with Crippen molar-refractivity contribution in [3.05, 3.63) is 35.9 Å². The molecule has 0 atom stereocenters. The Morgan fingerprint density at radius 1 is 1.26 bits per heavy atom. The molecule has 1 N–H and O–H groups in total. The van der Waals surface area contributed by atoms with Crippen molar-refractivity contribution in [2.45, 2.75) is 58.1 Å². The molecule has 0 aliphatic carbocycles. The number of hydroxylamine groups is 2. The van der Waals surface area contributed by atoms with Gasteiger partial charge in [-0.2, -0.15) is 0 Å². The number of amides is 2. The van der Waals surface area contributed by atoms with Crippen molar-refractivity contribution < 1.29 is 14.4 Å². The summed E-state index contributed by atoms with van der Waals surface area (Å²) in [5.41, 5.74) is 0.878. The summed E-state index contributed by atoms with van der Waals surface area (Å²) in [7, 11) is 0. The van der Waals surface area contributed by atoms with Crippen LogP contribution in [0.5, 0.6) is 0 Å². The van der Waals surface area contributed by atoms with Gasteiger partial charge in [0.25, 0.3) is 0 Å². The van der Waals surface area contributed by atoms with E-state index in [1.165, 1.54) is 5.56 Å². The maximum Gasteiger partial charge on any atom is 0.242 e. The first-order valence-electron chi connectivity index (χ1n) is 9.82. The van der Waals surface area contributed by atoms with E-state index in [2.05, 4.69) is 34.5 Å². The minimum absolute atomic E-state index is 0.0714. The third kappa shape index (κ3) is 8.54. The summed E-state index contributed by atoms with van der Waals surface area (Å²) in [6, 6.07) is 10.7. The Labute approximate surface area is 162 Å². The molecule has 27 heavy (non-hydrogen) atoms. The van der Waals surface area contributed by atoms with Crippen molar-refractivity contribution in [3.8, 4) is 0 Å². The maximum atomic E-state index is 12.2. The van der Waals surface area contributed by atoms with E-state index >= 15 is 0 Å². The van der Waals surface area contributed by atoms with Crippen molar-refractivity contribution in [1.82, 2.24) is 15.3 Å². The Hall–Kier alpha value is -1.92. The molecule has 2 amide bonds.